The number of aryl methyl sites for hydroxylation is 2. The van der Waals surface area contributed by atoms with E-state index < -0.39 is 0 Å². The Morgan fingerprint density at radius 3 is 2.82 bits per heavy atom. The summed E-state index contributed by atoms with van der Waals surface area (Å²) in [5.41, 5.74) is 6.94. The number of anilines is 1. The van der Waals surface area contributed by atoms with Crippen molar-refractivity contribution >= 4 is 5.82 Å². The maximum absolute atomic E-state index is 5.98. The second-order valence-electron chi connectivity index (χ2n) is 4.51. The first kappa shape index (κ1) is 12.3. The molecule has 0 spiro atoms. The van der Waals surface area contributed by atoms with E-state index in [4.69, 9.17) is 10.5 Å². The van der Waals surface area contributed by atoms with Crippen molar-refractivity contribution in [1.82, 2.24) is 9.97 Å². The van der Waals surface area contributed by atoms with Crippen molar-refractivity contribution in [2.24, 2.45) is 5.73 Å². The fraction of sp³-hybridized carbons (Fsp3) is 0.667. The molecule has 1 fully saturated rings. The zero-order valence-electron chi connectivity index (χ0n) is 10.6. The van der Waals surface area contributed by atoms with E-state index in [9.17, 15) is 0 Å². The van der Waals surface area contributed by atoms with Crippen LogP contribution in [-0.2, 0) is 4.74 Å². The molecule has 3 N–H and O–H groups in total. The summed E-state index contributed by atoms with van der Waals surface area (Å²) in [7, 11) is 0. The number of nitrogens with two attached hydrogens (primary N) is 1. The van der Waals surface area contributed by atoms with Gasteiger partial charge in [0.1, 0.15) is 11.6 Å². The van der Waals surface area contributed by atoms with Crippen LogP contribution in [0.3, 0.4) is 0 Å². The highest BCUT2D eigenvalue weighted by Gasteiger charge is 2.39. The summed E-state index contributed by atoms with van der Waals surface area (Å²) in [6, 6.07) is 2.23. The van der Waals surface area contributed by atoms with Gasteiger partial charge in [-0.3, -0.25) is 0 Å². The van der Waals surface area contributed by atoms with Gasteiger partial charge >= 0.3 is 0 Å². The fourth-order valence-electron chi connectivity index (χ4n) is 2.19. The Labute approximate surface area is 102 Å². The molecule has 5 nitrogen and oxygen atoms in total. The molecule has 0 bridgehead atoms. The zero-order chi connectivity index (χ0) is 12.4. The van der Waals surface area contributed by atoms with Crippen molar-refractivity contribution in [2.45, 2.75) is 45.4 Å². The van der Waals surface area contributed by atoms with Crippen LogP contribution in [0.2, 0.25) is 0 Å². The summed E-state index contributed by atoms with van der Waals surface area (Å²) in [6.07, 6.45) is 1.11. The van der Waals surface area contributed by atoms with Crippen LogP contribution in [0.4, 0.5) is 5.82 Å². The lowest BCUT2D eigenvalue weighted by atomic mass is 9.83. The highest BCUT2D eigenvalue weighted by Crippen LogP contribution is 2.25. The van der Waals surface area contributed by atoms with Gasteiger partial charge in [0.2, 0.25) is 0 Å². The molecule has 1 aromatic heterocycles. The summed E-state index contributed by atoms with van der Waals surface area (Å²) in [6.45, 7) is 6.57. The van der Waals surface area contributed by atoms with Crippen LogP contribution in [0.5, 0.6) is 0 Å². The monoisotopic (exact) mass is 236 g/mol. The van der Waals surface area contributed by atoms with E-state index in [1.807, 2.05) is 26.8 Å². The van der Waals surface area contributed by atoms with Gasteiger partial charge < -0.3 is 15.8 Å². The number of nitrogens with zero attached hydrogens (tertiary/aromatic N) is 2. The highest BCUT2D eigenvalue weighted by atomic mass is 16.5. The van der Waals surface area contributed by atoms with Crippen LogP contribution in [-0.4, -0.2) is 34.8 Å². The van der Waals surface area contributed by atoms with Gasteiger partial charge in [-0.05, 0) is 27.2 Å². The Kier molecular flexibility index (Phi) is 3.59. The molecule has 5 heteroatoms. The molecule has 0 amide bonds. The highest BCUT2D eigenvalue weighted by molar-refractivity contribution is 5.39. The second-order valence-corrected chi connectivity index (χ2v) is 4.51. The molecule has 1 saturated carbocycles. The summed E-state index contributed by atoms with van der Waals surface area (Å²) in [5.74, 6) is 1.60. The molecule has 3 atom stereocenters. The predicted octanol–water partition coefficient (Wildman–Crippen LogP) is 1.01. The van der Waals surface area contributed by atoms with Gasteiger partial charge in [0.05, 0.1) is 12.1 Å². The number of hydrogen-bond donors (Lipinski definition) is 2. The number of hydrogen-bond acceptors (Lipinski definition) is 5. The van der Waals surface area contributed by atoms with Crippen LogP contribution < -0.4 is 11.1 Å². The van der Waals surface area contributed by atoms with Crippen molar-refractivity contribution in [3.63, 3.8) is 0 Å². The fourth-order valence-corrected chi connectivity index (χ4v) is 2.19. The van der Waals surface area contributed by atoms with E-state index in [0.717, 1.165) is 30.4 Å². The third-order valence-electron chi connectivity index (χ3n) is 3.03. The summed E-state index contributed by atoms with van der Waals surface area (Å²) in [4.78, 5) is 8.60. The van der Waals surface area contributed by atoms with Crippen LogP contribution in [0.15, 0.2) is 6.07 Å². The molecular weight excluding hydrogens is 216 g/mol. The lowest BCUT2D eigenvalue weighted by Gasteiger charge is -2.42. The topological polar surface area (TPSA) is 73.1 Å². The first-order valence-corrected chi connectivity index (χ1v) is 6.06. The molecule has 1 aliphatic carbocycles. The number of ether oxygens (including phenoxy) is 1. The second kappa shape index (κ2) is 4.98. The van der Waals surface area contributed by atoms with Crippen LogP contribution in [0.25, 0.3) is 0 Å². The van der Waals surface area contributed by atoms with Crippen molar-refractivity contribution in [3.05, 3.63) is 17.6 Å². The first-order valence-electron chi connectivity index (χ1n) is 6.06. The lowest BCUT2D eigenvalue weighted by Crippen LogP contribution is -2.60. The minimum absolute atomic E-state index is 0.141. The molecule has 94 valence electrons. The minimum atomic E-state index is 0.141. The molecule has 0 aromatic carbocycles. The van der Waals surface area contributed by atoms with E-state index in [-0.39, 0.29) is 18.2 Å². The number of nitrogens with one attached hydrogen (secondary N) is 1. The molecule has 1 aliphatic rings. The maximum Gasteiger partial charge on any atom is 0.130 e. The standard InChI is InChI=1S/C12H20N4O/c1-4-17-10-6-9(13)12(10)16-11-5-7(2)14-8(3)15-11/h5,9-10,12H,4,6,13H2,1-3H3,(H,14,15,16). The van der Waals surface area contributed by atoms with Gasteiger partial charge in [-0.2, -0.15) is 0 Å². The molecular formula is C12H20N4O. The van der Waals surface area contributed by atoms with Gasteiger partial charge in [0.25, 0.3) is 0 Å². The summed E-state index contributed by atoms with van der Waals surface area (Å²) in [5, 5.41) is 3.34. The maximum atomic E-state index is 5.98. The Morgan fingerprint density at radius 2 is 2.24 bits per heavy atom. The van der Waals surface area contributed by atoms with Gasteiger partial charge in [0, 0.05) is 24.4 Å². The summed E-state index contributed by atoms with van der Waals surface area (Å²) >= 11 is 0. The van der Waals surface area contributed by atoms with E-state index in [0.29, 0.717) is 0 Å². The third-order valence-corrected chi connectivity index (χ3v) is 3.03. The normalized spacial score (nSPS) is 27.6. The first-order chi connectivity index (χ1) is 8.10. The third kappa shape index (κ3) is 2.73. The van der Waals surface area contributed by atoms with Gasteiger partial charge in [-0.1, -0.05) is 0 Å². The van der Waals surface area contributed by atoms with E-state index in [1.54, 1.807) is 0 Å². The lowest BCUT2D eigenvalue weighted by molar-refractivity contribution is -0.0127. The molecule has 2 rings (SSSR count). The zero-order valence-corrected chi connectivity index (χ0v) is 10.6. The quantitative estimate of drug-likeness (QED) is 0.816. The van der Waals surface area contributed by atoms with Gasteiger partial charge in [-0.25, -0.2) is 9.97 Å². The Morgan fingerprint density at radius 1 is 1.47 bits per heavy atom. The van der Waals surface area contributed by atoms with Crippen molar-refractivity contribution in [2.75, 3.05) is 11.9 Å². The van der Waals surface area contributed by atoms with Crippen LogP contribution in [0, 0.1) is 13.8 Å². The van der Waals surface area contributed by atoms with Gasteiger partial charge in [0.15, 0.2) is 0 Å². The largest absolute Gasteiger partial charge is 0.376 e. The average molecular weight is 236 g/mol. The Bertz CT molecular complexity index is 374. The van der Waals surface area contributed by atoms with E-state index >= 15 is 0 Å². The smallest absolute Gasteiger partial charge is 0.130 e. The summed E-state index contributed by atoms with van der Waals surface area (Å²) < 4.78 is 5.61. The van der Waals surface area contributed by atoms with Crippen LogP contribution >= 0.6 is 0 Å². The van der Waals surface area contributed by atoms with E-state index in [2.05, 4.69) is 15.3 Å². The Balaban J connectivity index is 2.04. The SMILES string of the molecule is CCOC1CC(N)C1Nc1cc(C)nc(C)n1. The molecule has 3 unspecified atom stereocenters. The number of aromatic nitrogens is 2. The molecule has 0 aliphatic heterocycles. The average Bonchev–Trinajstić information content (AvgIpc) is 2.25. The molecule has 0 saturated heterocycles. The van der Waals surface area contributed by atoms with Crippen molar-refractivity contribution in [1.29, 1.82) is 0 Å². The van der Waals surface area contributed by atoms with Gasteiger partial charge in [-0.15, -0.1) is 0 Å². The van der Waals surface area contributed by atoms with E-state index in [1.165, 1.54) is 0 Å². The van der Waals surface area contributed by atoms with Crippen molar-refractivity contribution in [3.8, 4) is 0 Å². The van der Waals surface area contributed by atoms with Crippen molar-refractivity contribution < 1.29 is 4.74 Å². The van der Waals surface area contributed by atoms with Crippen LogP contribution in [0.1, 0.15) is 24.9 Å². The Hall–Kier alpha value is -1.20. The minimum Gasteiger partial charge on any atom is -0.376 e. The predicted molar refractivity (Wildman–Crippen MR) is 66.9 cm³/mol. The molecule has 1 heterocycles. The molecule has 17 heavy (non-hydrogen) atoms. The number of rotatable bonds is 4. The molecule has 1 aromatic rings. The molecule has 0 radical (unpaired) electrons.